The van der Waals surface area contributed by atoms with Crippen molar-refractivity contribution in [3.63, 3.8) is 0 Å². The Hall–Kier alpha value is -2.90. The Labute approximate surface area is 177 Å². The standard InChI is InChI=1S/C23H26N2O4S/c1-16-12-17(2)22(18(3)13-16)30(27,28)25(15-21-6-5-11-29-21)14-19-7-9-20(10-8-19)23(26)24-4/h5-13H,14-15H2,1-4H3,(H,24,26). The fourth-order valence-corrected chi connectivity index (χ4v) is 5.42. The molecule has 0 aliphatic heterocycles. The van der Waals surface area contributed by atoms with Crippen molar-refractivity contribution >= 4 is 15.9 Å². The Bertz CT molecular complexity index is 1110. The first-order valence-corrected chi connectivity index (χ1v) is 11.1. The molecule has 0 fully saturated rings. The van der Waals surface area contributed by atoms with Crippen LogP contribution in [-0.2, 0) is 23.1 Å². The van der Waals surface area contributed by atoms with Gasteiger partial charge in [0.2, 0.25) is 10.0 Å². The third-order valence-corrected chi connectivity index (χ3v) is 7.01. The summed E-state index contributed by atoms with van der Waals surface area (Å²) in [5, 5.41) is 2.58. The van der Waals surface area contributed by atoms with E-state index < -0.39 is 10.0 Å². The fourth-order valence-electron chi connectivity index (χ4n) is 3.61. The van der Waals surface area contributed by atoms with Crippen molar-refractivity contribution in [1.29, 1.82) is 0 Å². The van der Waals surface area contributed by atoms with Crippen LogP contribution in [0, 0.1) is 20.8 Å². The molecule has 7 heteroatoms. The second-order valence-corrected chi connectivity index (χ2v) is 9.23. The highest BCUT2D eigenvalue weighted by Gasteiger charge is 2.29. The first-order chi connectivity index (χ1) is 14.2. The highest BCUT2D eigenvalue weighted by atomic mass is 32.2. The second kappa shape index (κ2) is 8.85. The molecule has 0 aliphatic rings. The number of hydrogen-bond donors (Lipinski definition) is 1. The van der Waals surface area contributed by atoms with E-state index in [1.54, 1.807) is 43.4 Å². The van der Waals surface area contributed by atoms with Crippen LogP contribution in [0.25, 0.3) is 0 Å². The molecule has 6 nitrogen and oxygen atoms in total. The predicted octanol–water partition coefficient (Wildman–Crippen LogP) is 3.96. The summed E-state index contributed by atoms with van der Waals surface area (Å²) in [6.07, 6.45) is 1.53. The largest absolute Gasteiger partial charge is 0.468 e. The number of carbonyl (C=O) groups is 1. The molecule has 1 N–H and O–H groups in total. The van der Waals surface area contributed by atoms with E-state index in [4.69, 9.17) is 4.42 Å². The first-order valence-electron chi connectivity index (χ1n) is 9.63. The number of nitrogens with one attached hydrogen (secondary N) is 1. The molecule has 2 aromatic carbocycles. The minimum absolute atomic E-state index is 0.110. The average molecular weight is 427 g/mol. The zero-order chi connectivity index (χ0) is 21.9. The van der Waals surface area contributed by atoms with Gasteiger partial charge in [0.1, 0.15) is 5.76 Å². The molecule has 0 atom stereocenters. The molecule has 1 amide bonds. The van der Waals surface area contributed by atoms with Crippen molar-refractivity contribution in [3.05, 3.63) is 88.4 Å². The summed E-state index contributed by atoms with van der Waals surface area (Å²) in [6, 6.07) is 14.2. The molecule has 1 heterocycles. The van der Waals surface area contributed by atoms with Crippen LogP contribution in [0.1, 0.15) is 38.4 Å². The summed E-state index contributed by atoms with van der Waals surface area (Å²) in [5.74, 6) is 0.371. The van der Waals surface area contributed by atoms with E-state index in [0.29, 0.717) is 27.3 Å². The molecule has 3 rings (SSSR count). The number of nitrogens with zero attached hydrogens (tertiary/aromatic N) is 1. The van der Waals surface area contributed by atoms with Crippen LogP contribution in [0.5, 0.6) is 0 Å². The second-order valence-electron chi connectivity index (χ2n) is 7.36. The van der Waals surface area contributed by atoms with Crippen molar-refractivity contribution in [1.82, 2.24) is 9.62 Å². The Kier molecular flexibility index (Phi) is 6.43. The number of carbonyl (C=O) groups excluding carboxylic acids is 1. The first kappa shape index (κ1) is 21.8. The quantitative estimate of drug-likeness (QED) is 0.620. The monoisotopic (exact) mass is 426 g/mol. The lowest BCUT2D eigenvalue weighted by molar-refractivity contribution is 0.0963. The summed E-state index contributed by atoms with van der Waals surface area (Å²) >= 11 is 0. The van der Waals surface area contributed by atoms with Gasteiger partial charge in [-0.3, -0.25) is 4.79 Å². The summed E-state index contributed by atoms with van der Waals surface area (Å²) < 4.78 is 34.1. The molecule has 0 radical (unpaired) electrons. The van der Waals surface area contributed by atoms with E-state index in [1.807, 2.05) is 32.9 Å². The lowest BCUT2D eigenvalue weighted by Gasteiger charge is -2.24. The van der Waals surface area contributed by atoms with Gasteiger partial charge in [-0.25, -0.2) is 8.42 Å². The van der Waals surface area contributed by atoms with Crippen LogP contribution >= 0.6 is 0 Å². The zero-order valence-corrected chi connectivity index (χ0v) is 18.4. The molecular weight excluding hydrogens is 400 g/mol. The Balaban J connectivity index is 1.99. The van der Waals surface area contributed by atoms with E-state index in [-0.39, 0.29) is 19.0 Å². The molecule has 0 saturated heterocycles. The fraction of sp³-hybridized carbons (Fsp3) is 0.261. The Morgan fingerprint density at radius 2 is 1.63 bits per heavy atom. The number of furan rings is 1. The number of rotatable bonds is 7. The van der Waals surface area contributed by atoms with Gasteiger partial charge in [0.15, 0.2) is 0 Å². The van der Waals surface area contributed by atoms with Gasteiger partial charge in [-0.05, 0) is 61.7 Å². The van der Waals surface area contributed by atoms with Crippen LogP contribution < -0.4 is 5.32 Å². The summed E-state index contributed by atoms with van der Waals surface area (Å²) in [4.78, 5) is 12.1. The summed E-state index contributed by atoms with van der Waals surface area (Å²) in [6.45, 7) is 5.85. The molecule has 0 unspecified atom stereocenters. The normalized spacial score (nSPS) is 11.6. The van der Waals surface area contributed by atoms with Gasteiger partial charge in [-0.2, -0.15) is 4.31 Å². The molecule has 1 aromatic heterocycles. The van der Waals surface area contributed by atoms with E-state index >= 15 is 0 Å². The maximum absolute atomic E-state index is 13.7. The van der Waals surface area contributed by atoms with E-state index in [0.717, 1.165) is 11.1 Å². The van der Waals surface area contributed by atoms with E-state index in [1.165, 1.54) is 10.6 Å². The summed E-state index contributed by atoms with van der Waals surface area (Å²) in [7, 11) is -2.22. The molecule has 0 saturated carbocycles. The maximum Gasteiger partial charge on any atom is 0.251 e. The molecule has 3 aromatic rings. The van der Waals surface area contributed by atoms with Crippen LogP contribution in [0.2, 0.25) is 0 Å². The van der Waals surface area contributed by atoms with Crippen LogP contribution in [0.3, 0.4) is 0 Å². The van der Waals surface area contributed by atoms with Crippen molar-refractivity contribution in [3.8, 4) is 0 Å². The highest BCUT2D eigenvalue weighted by molar-refractivity contribution is 7.89. The number of aryl methyl sites for hydroxylation is 3. The molecule has 0 spiro atoms. The smallest absolute Gasteiger partial charge is 0.251 e. The Morgan fingerprint density at radius 3 is 2.17 bits per heavy atom. The molecule has 30 heavy (non-hydrogen) atoms. The van der Waals surface area contributed by atoms with Crippen molar-refractivity contribution in [2.75, 3.05) is 7.05 Å². The van der Waals surface area contributed by atoms with Gasteiger partial charge in [-0.15, -0.1) is 0 Å². The average Bonchev–Trinajstić information content (AvgIpc) is 3.19. The maximum atomic E-state index is 13.7. The molecule has 0 aliphatic carbocycles. The van der Waals surface area contributed by atoms with E-state index in [2.05, 4.69) is 5.32 Å². The number of sulfonamides is 1. The minimum atomic E-state index is -3.79. The van der Waals surface area contributed by atoms with Crippen LogP contribution in [0.15, 0.2) is 64.1 Å². The van der Waals surface area contributed by atoms with Gasteiger partial charge in [0.05, 0.1) is 17.7 Å². The Morgan fingerprint density at radius 1 is 1.00 bits per heavy atom. The minimum Gasteiger partial charge on any atom is -0.468 e. The van der Waals surface area contributed by atoms with Crippen LogP contribution in [0.4, 0.5) is 0 Å². The SMILES string of the molecule is CNC(=O)c1ccc(CN(Cc2ccco2)S(=O)(=O)c2c(C)cc(C)cc2C)cc1. The lowest BCUT2D eigenvalue weighted by Crippen LogP contribution is -2.31. The summed E-state index contributed by atoms with van der Waals surface area (Å²) in [5.41, 5.74) is 3.75. The molecular formula is C23H26N2O4S. The van der Waals surface area contributed by atoms with Gasteiger partial charge < -0.3 is 9.73 Å². The van der Waals surface area contributed by atoms with Gasteiger partial charge >= 0.3 is 0 Å². The van der Waals surface area contributed by atoms with Gasteiger partial charge in [-0.1, -0.05) is 29.8 Å². The van der Waals surface area contributed by atoms with E-state index in [9.17, 15) is 13.2 Å². The number of hydrogen-bond acceptors (Lipinski definition) is 4. The third-order valence-electron chi connectivity index (χ3n) is 4.92. The lowest BCUT2D eigenvalue weighted by atomic mass is 10.1. The topological polar surface area (TPSA) is 79.6 Å². The van der Waals surface area contributed by atoms with Crippen LogP contribution in [-0.4, -0.2) is 25.7 Å². The molecule has 0 bridgehead atoms. The predicted molar refractivity (Wildman–Crippen MR) is 116 cm³/mol. The zero-order valence-electron chi connectivity index (χ0n) is 17.6. The third kappa shape index (κ3) is 4.63. The van der Waals surface area contributed by atoms with Crippen molar-refractivity contribution in [2.45, 2.75) is 38.8 Å². The number of amides is 1. The van der Waals surface area contributed by atoms with Crippen molar-refractivity contribution in [2.24, 2.45) is 0 Å². The van der Waals surface area contributed by atoms with Crippen molar-refractivity contribution < 1.29 is 17.6 Å². The van der Waals surface area contributed by atoms with Gasteiger partial charge in [0.25, 0.3) is 5.91 Å². The van der Waals surface area contributed by atoms with Gasteiger partial charge in [0, 0.05) is 19.2 Å². The molecule has 158 valence electrons. The highest BCUT2D eigenvalue weighted by Crippen LogP contribution is 2.28. The number of benzene rings is 2.